The molecule has 1 heterocycles. The Morgan fingerprint density at radius 3 is 2.57 bits per heavy atom. The zero-order valence-electron chi connectivity index (χ0n) is 11.5. The maximum Gasteiger partial charge on any atom is 0.292 e. The number of rotatable bonds is 3. The van der Waals surface area contributed by atoms with Crippen molar-refractivity contribution >= 4 is 11.4 Å². The normalized spacial score (nSPS) is 10.6. The average molecular weight is 290 g/mol. The van der Waals surface area contributed by atoms with Crippen molar-refractivity contribution in [1.29, 1.82) is 0 Å². The topological polar surface area (TPSA) is 124 Å². The molecule has 0 atom stereocenters. The number of nitrogen functional groups attached to an aromatic ring is 1. The third kappa shape index (κ3) is 2.69. The maximum atomic E-state index is 12.1. The molecule has 1 aromatic heterocycles. The highest BCUT2D eigenvalue weighted by atomic mass is 16.6. The smallest absolute Gasteiger partial charge is 0.292 e. The van der Waals surface area contributed by atoms with E-state index < -0.39 is 4.92 Å². The Hall–Kier alpha value is -2.90. The molecule has 0 aliphatic carbocycles. The van der Waals surface area contributed by atoms with Crippen LogP contribution in [0.2, 0.25) is 0 Å². The molecular formula is C13H14N4O4. The highest BCUT2D eigenvalue weighted by Crippen LogP contribution is 2.22. The molecule has 8 heteroatoms. The fourth-order valence-corrected chi connectivity index (χ4v) is 1.93. The summed E-state index contributed by atoms with van der Waals surface area (Å²) in [5.74, 6) is 0. The Balaban J connectivity index is 2.49. The van der Waals surface area contributed by atoms with Gasteiger partial charge < -0.3 is 5.73 Å². The molecule has 8 nitrogen and oxygen atoms in total. The van der Waals surface area contributed by atoms with E-state index in [1.54, 1.807) is 19.9 Å². The van der Waals surface area contributed by atoms with Crippen LogP contribution in [0.1, 0.15) is 16.7 Å². The minimum Gasteiger partial charge on any atom is -0.393 e. The Morgan fingerprint density at radius 1 is 1.29 bits per heavy atom. The molecule has 1 aromatic carbocycles. The first-order valence-electron chi connectivity index (χ1n) is 6.14. The van der Waals surface area contributed by atoms with Gasteiger partial charge in [0.2, 0.25) is 0 Å². The standard InChI is InChI=1S/C13H14N4O4/c1-7-8(2)13(19)16(15-12(7)18)6-9-3-4-10(14)11(5-9)17(20)21/h3-5H,6,14H2,1-2H3,(H,15,18). The number of nitrogens with two attached hydrogens (primary N) is 1. The molecule has 2 aromatic rings. The van der Waals surface area contributed by atoms with Crippen LogP contribution in [-0.4, -0.2) is 14.7 Å². The van der Waals surface area contributed by atoms with Crippen LogP contribution in [0.25, 0.3) is 0 Å². The SMILES string of the molecule is Cc1c(C)c(=O)n(Cc2ccc(N)c([N+](=O)[O-])c2)[nH]c1=O. The van der Waals surface area contributed by atoms with Gasteiger partial charge in [-0.2, -0.15) is 0 Å². The summed E-state index contributed by atoms with van der Waals surface area (Å²) < 4.78 is 1.12. The van der Waals surface area contributed by atoms with Gasteiger partial charge in [0.05, 0.1) is 11.5 Å². The van der Waals surface area contributed by atoms with Crippen molar-refractivity contribution < 1.29 is 4.92 Å². The van der Waals surface area contributed by atoms with Gasteiger partial charge in [-0.25, -0.2) is 4.68 Å². The zero-order valence-corrected chi connectivity index (χ0v) is 11.5. The predicted octanol–water partition coefficient (Wildman–Crippen LogP) is 0.692. The van der Waals surface area contributed by atoms with E-state index in [-0.39, 0.29) is 29.0 Å². The summed E-state index contributed by atoms with van der Waals surface area (Å²) in [4.78, 5) is 34.0. The lowest BCUT2D eigenvalue weighted by Gasteiger charge is -2.08. The molecular weight excluding hydrogens is 276 g/mol. The second-order valence-corrected chi connectivity index (χ2v) is 4.73. The predicted molar refractivity (Wildman–Crippen MR) is 77.4 cm³/mol. The molecule has 0 unspecified atom stereocenters. The van der Waals surface area contributed by atoms with Crippen molar-refractivity contribution in [1.82, 2.24) is 9.78 Å². The molecule has 0 spiro atoms. The Kier molecular flexibility index (Phi) is 3.62. The first kappa shape index (κ1) is 14.5. The number of nitro groups is 1. The lowest BCUT2D eigenvalue weighted by molar-refractivity contribution is -0.384. The Bertz CT molecular complexity index is 835. The summed E-state index contributed by atoms with van der Waals surface area (Å²) in [5.41, 5.74) is 5.83. The van der Waals surface area contributed by atoms with Crippen LogP contribution in [0, 0.1) is 24.0 Å². The highest BCUT2D eigenvalue weighted by molar-refractivity contribution is 5.59. The van der Waals surface area contributed by atoms with Crippen molar-refractivity contribution in [2.75, 3.05) is 5.73 Å². The summed E-state index contributed by atoms with van der Waals surface area (Å²) in [6, 6.07) is 4.26. The van der Waals surface area contributed by atoms with Gasteiger partial charge in [0.15, 0.2) is 0 Å². The molecule has 3 N–H and O–H groups in total. The van der Waals surface area contributed by atoms with E-state index in [0.717, 1.165) is 4.68 Å². The fourth-order valence-electron chi connectivity index (χ4n) is 1.93. The minimum atomic E-state index is -0.593. The van der Waals surface area contributed by atoms with Crippen LogP contribution < -0.4 is 16.9 Å². The van der Waals surface area contributed by atoms with Crippen LogP contribution >= 0.6 is 0 Å². The minimum absolute atomic E-state index is 0.0241. The third-order valence-corrected chi connectivity index (χ3v) is 3.34. The Labute approximate surface area is 119 Å². The molecule has 110 valence electrons. The zero-order chi connectivity index (χ0) is 15.7. The van der Waals surface area contributed by atoms with Gasteiger partial charge in [-0.15, -0.1) is 0 Å². The van der Waals surface area contributed by atoms with E-state index in [9.17, 15) is 19.7 Å². The molecule has 0 fully saturated rings. The summed E-state index contributed by atoms with van der Waals surface area (Å²) in [7, 11) is 0. The van der Waals surface area contributed by atoms with Gasteiger partial charge in [0, 0.05) is 17.2 Å². The van der Waals surface area contributed by atoms with Crippen molar-refractivity contribution in [3.05, 3.63) is 65.7 Å². The summed E-state index contributed by atoms with van der Waals surface area (Å²) >= 11 is 0. The number of H-pyrrole nitrogens is 1. The number of nitro benzene ring substituents is 1. The lowest BCUT2D eigenvalue weighted by atomic mass is 10.1. The molecule has 0 saturated heterocycles. The molecule has 2 rings (SSSR count). The molecule has 0 amide bonds. The fraction of sp³-hybridized carbons (Fsp3) is 0.231. The van der Waals surface area contributed by atoms with Crippen molar-refractivity contribution in [2.24, 2.45) is 0 Å². The summed E-state index contributed by atoms with van der Waals surface area (Å²) in [6.07, 6.45) is 0. The first-order chi connectivity index (χ1) is 9.81. The molecule has 0 aliphatic rings. The van der Waals surface area contributed by atoms with Crippen molar-refractivity contribution in [3.8, 4) is 0 Å². The number of hydrogen-bond donors (Lipinski definition) is 2. The van der Waals surface area contributed by atoms with E-state index >= 15 is 0 Å². The molecule has 0 saturated carbocycles. The van der Waals surface area contributed by atoms with E-state index in [1.807, 2.05) is 0 Å². The number of aromatic amines is 1. The van der Waals surface area contributed by atoms with Crippen LogP contribution in [0.15, 0.2) is 27.8 Å². The van der Waals surface area contributed by atoms with Crippen LogP contribution in [-0.2, 0) is 6.54 Å². The van der Waals surface area contributed by atoms with Crippen molar-refractivity contribution in [2.45, 2.75) is 20.4 Å². The second kappa shape index (κ2) is 5.23. The second-order valence-electron chi connectivity index (χ2n) is 4.73. The largest absolute Gasteiger partial charge is 0.393 e. The van der Waals surface area contributed by atoms with Crippen LogP contribution in [0.5, 0.6) is 0 Å². The van der Waals surface area contributed by atoms with E-state index in [4.69, 9.17) is 5.73 Å². The molecule has 0 aliphatic heterocycles. The van der Waals surface area contributed by atoms with Gasteiger partial charge in [-0.05, 0) is 25.5 Å². The quantitative estimate of drug-likeness (QED) is 0.489. The van der Waals surface area contributed by atoms with E-state index in [2.05, 4.69) is 5.10 Å². The third-order valence-electron chi connectivity index (χ3n) is 3.34. The summed E-state index contributed by atoms with van der Waals surface area (Å²) in [5, 5.41) is 13.3. The first-order valence-corrected chi connectivity index (χ1v) is 6.14. The lowest BCUT2D eigenvalue weighted by Crippen LogP contribution is -2.33. The van der Waals surface area contributed by atoms with Crippen molar-refractivity contribution in [3.63, 3.8) is 0 Å². The molecule has 0 radical (unpaired) electrons. The number of benzene rings is 1. The monoisotopic (exact) mass is 290 g/mol. The number of anilines is 1. The van der Waals surface area contributed by atoms with Gasteiger partial charge in [0.1, 0.15) is 5.69 Å². The number of hydrogen-bond acceptors (Lipinski definition) is 5. The maximum absolute atomic E-state index is 12.1. The number of nitrogens with one attached hydrogen (secondary N) is 1. The van der Waals surface area contributed by atoms with Crippen LogP contribution in [0.3, 0.4) is 0 Å². The van der Waals surface area contributed by atoms with E-state index in [0.29, 0.717) is 16.7 Å². The number of aromatic nitrogens is 2. The van der Waals surface area contributed by atoms with Gasteiger partial charge in [0.25, 0.3) is 16.8 Å². The number of nitrogens with zero attached hydrogens (tertiary/aromatic N) is 2. The molecule has 0 bridgehead atoms. The van der Waals surface area contributed by atoms with E-state index in [1.165, 1.54) is 12.1 Å². The van der Waals surface area contributed by atoms with Gasteiger partial charge in [-0.1, -0.05) is 6.07 Å². The van der Waals surface area contributed by atoms with Gasteiger partial charge in [-0.3, -0.25) is 24.8 Å². The molecule has 21 heavy (non-hydrogen) atoms. The average Bonchev–Trinajstić information content (AvgIpc) is 2.44. The Morgan fingerprint density at radius 2 is 1.95 bits per heavy atom. The van der Waals surface area contributed by atoms with Crippen LogP contribution in [0.4, 0.5) is 11.4 Å². The van der Waals surface area contributed by atoms with Gasteiger partial charge >= 0.3 is 0 Å². The summed E-state index contributed by atoms with van der Waals surface area (Å²) in [6.45, 7) is 3.15. The highest BCUT2D eigenvalue weighted by Gasteiger charge is 2.13.